The molecule has 23 heavy (non-hydrogen) atoms. The number of rotatable bonds is 2. The number of allylic oxidation sites excluding steroid dienone is 2. The monoisotopic (exact) mass is 301 g/mol. The number of Topliss-reactive ketones (excluding diaryl/α,β-unsaturated/α-hetero) is 1. The van der Waals surface area contributed by atoms with E-state index in [4.69, 9.17) is 0 Å². The third-order valence-corrected chi connectivity index (χ3v) is 6.07. The van der Waals surface area contributed by atoms with E-state index < -0.39 is 0 Å². The summed E-state index contributed by atoms with van der Waals surface area (Å²) in [7, 11) is 0. The van der Waals surface area contributed by atoms with Crippen molar-refractivity contribution in [3.63, 3.8) is 0 Å². The summed E-state index contributed by atoms with van der Waals surface area (Å²) >= 11 is 0. The van der Waals surface area contributed by atoms with Crippen molar-refractivity contribution in [1.29, 1.82) is 0 Å². The van der Waals surface area contributed by atoms with Gasteiger partial charge in [-0.05, 0) is 60.3 Å². The smallest absolute Gasteiger partial charge is 0.167 e. The summed E-state index contributed by atoms with van der Waals surface area (Å²) in [6.45, 7) is 0. The van der Waals surface area contributed by atoms with E-state index in [9.17, 15) is 4.79 Å². The highest BCUT2D eigenvalue weighted by Crippen LogP contribution is 2.62. The SMILES string of the molecule is O=C1C(c2ccccc2)=C(c2ccccn2)[C@@H]2[C@H]3CC[C@H](C3)[C@H]12. The number of hydrogen-bond donors (Lipinski definition) is 0. The summed E-state index contributed by atoms with van der Waals surface area (Å²) in [5.74, 6) is 2.24. The highest BCUT2D eigenvalue weighted by molar-refractivity contribution is 6.32. The molecule has 114 valence electrons. The van der Waals surface area contributed by atoms with Crippen molar-refractivity contribution in [3.05, 3.63) is 66.0 Å². The molecule has 2 aromatic rings. The number of pyridine rings is 1. The number of carbonyl (C=O) groups excluding carboxylic acids is 1. The van der Waals surface area contributed by atoms with Crippen LogP contribution in [0.5, 0.6) is 0 Å². The third kappa shape index (κ3) is 1.81. The van der Waals surface area contributed by atoms with Crippen molar-refractivity contribution in [1.82, 2.24) is 4.98 Å². The Morgan fingerprint density at radius 2 is 1.61 bits per heavy atom. The molecule has 2 heteroatoms. The van der Waals surface area contributed by atoms with Gasteiger partial charge in [-0.25, -0.2) is 0 Å². The Hall–Kier alpha value is -2.22. The van der Waals surface area contributed by atoms with Crippen LogP contribution in [0.15, 0.2) is 54.7 Å². The van der Waals surface area contributed by atoms with Crippen LogP contribution in [0.3, 0.4) is 0 Å². The first-order chi connectivity index (χ1) is 11.3. The van der Waals surface area contributed by atoms with Crippen molar-refractivity contribution in [3.8, 4) is 0 Å². The number of nitrogens with zero attached hydrogens (tertiary/aromatic N) is 1. The van der Waals surface area contributed by atoms with Crippen LogP contribution in [-0.2, 0) is 4.79 Å². The van der Waals surface area contributed by atoms with Crippen molar-refractivity contribution in [2.24, 2.45) is 23.7 Å². The molecule has 0 aliphatic heterocycles. The number of aromatic nitrogens is 1. The molecule has 5 rings (SSSR count). The van der Waals surface area contributed by atoms with Crippen molar-refractivity contribution in [2.75, 3.05) is 0 Å². The Morgan fingerprint density at radius 1 is 0.870 bits per heavy atom. The molecule has 4 atom stereocenters. The molecule has 0 radical (unpaired) electrons. The average Bonchev–Trinajstić information content (AvgIpc) is 3.29. The maximum Gasteiger partial charge on any atom is 0.167 e. The molecule has 2 nitrogen and oxygen atoms in total. The average molecular weight is 301 g/mol. The fourth-order valence-corrected chi connectivity index (χ4v) is 5.27. The van der Waals surface area contributed by atoms with E-state index in [2.05, 4.69) is 23.2 Å². The van der Waals surface area contributed by atoms with Crippen molar-refractivity contribution < 1.29 is 4.79 Å². The number of benzene rings is 1. The van der Waals surface area contributed by atoms with E-state index in [0.29, 0.717) is 23.5 Å². The maximum absolute atomic E-state index is 13.3. The van der Waals surface area contributed by atoms with Crippen LogP contribution in [0.1, 0.15) is 30.5 Å². The molecule has 1 heterocycles. The summed E-state index contributed by atoms with van der Waals surface area (Å²) in [6, 6.07) is 16.2. The van der Waals surface area contributed by atoms with Gasteiger partial charge >= 0.3 is 0 Å². The number of hydrogen-bond acceptors (Lipinski definition) is 2. The fraction of sp³-hybridized carbons (Fsp3) is 0.333. The van der Waals surface area contributed by atoms with Gasteiger partial charge in [0.1, 0.15) is 0 Å². The molecule has 3 aliphatic carbocycles. The Bertz CT molecular complexity index is 793. The van der Waals surface area contributed by atoms with Crippen LogP contribution in [-0.4, -0.2) is 10.8 Å². The molecule has 0 amide bonds. The van der Waals surface area contributed by atoms with Crippen LogP contribution in [0.2, 0.25) is 0 Å². The van der Waals surface area contributed by atoms with Crippen molar-refractivity contribution >= 4 is 16.9 Å². The van der Waals surface area contributed by atoms with Gasteiger partial charge in [0, 0.05) is 17.7 Å². The number of ketones is 1. The van der Waals surface area contributed by atoms with Gasteiger partial charge in [0.05, 0.1) is 5.69 Å². The second kappa shape index (κ2) is 4.89. The van der Waals surface area contributed by atoms with Crippen molar-refractivity contribution in [2.45, 2.75) is 19.3 Å². The van der Waals surface area contributed by atoms with E-state index in [1.54, 1.807) is 0 Å². The fourth-order valence-electron chi connectivity index (χ4n) is 5.27. The summed E-state index contributed by atoms with van der Waals surface area (Å²) in [5.41, 5.74) is 4.22. The number of fused-ring (bicyclic) bond motifs is 5. The van der Waals surface area contributed by atoms with Gasteiger partial charge < -0.3 is 0 Å². The minimum Gasteiger partial charge on any atom is -0.294 e. The summed E-state index contributed by atoms with van der Waals surface area (Å²) in [5, 5.41) is 0. The van der Waals surface area contributed by atoms with Gasteiger partial charge in [-0.2, -0.15) is 0 Å². The standard InChI is InChI=1S/C21H19NO/c23-21-18(13-6-2-1-3-7-13)20(16-8-4-5-11-22-16)17-14-9-10-15(12-14)19(17)21/h1-8,11,14-15,17,19H,9-10,12H2/t14-,15+,17+,19-/m0/s1. The normalized spacial score (nSPS) is 31.7. The van der Waals surface area contributed by atoms with Gasteiger partial charge in [-0.1, -0.05) is 36.4 Å². The van der Waals surface area contributed by atoms with Crippen LogP contribution < -0.4 is 0 Å². The number of carbonyl (C=O) groups is 1. The second-order valence-corrected chi connectivity index (χ2v) is 7.12. The van der Waals surface area contributed by atoms with Crippen LogP contribution in [0, 0.1) is 23.7 Å². The molecule has 1 aromatic carbocycles. The van der Waals surface area contributed by atoms with Gasteiger partial charge in [-0.3, -0.25) is 9.78 Å². The Kier molecular flexibility index (Phi) is 2.81. The highest BCUT2D eigenvalue weighted by Gasteiger charge is 2.57. The van der Waals surface area contributed by atoms with Crippen LogP contribution >= 0.6 is 0 Å². The van der Waals surface area contributed by atoms with Gasteiger partial charge in [0.15, 0.2) is 5.78 Å². The van der Waals surface area contributed by atoms with E-state index >= 15 is 0 Å². The Morgan fingerprint density at radius 3 is 2.35 bits per heavy atom. The first kappa shape index (κ1) is 13.2. The Balaban J connectivity index is 1.75. The van der Waals surface area contributed by atoms with Gasteiger partial charge in [0.2, 0.25) is 0 Å². The molecule has 0 N–H and O–H groups in total. The largest absolute Gasteiger partial charge is 0.294 e. The molecule has 0 unspecified atom stereocenters. The molecule has 2 saturated carbocycles. The molecular weight excluding hydrogens is 282 g/mol. The zero-order chi connectivity index (χ0) is 15.4. The first-order valence-corrected chi connectivity index (χ1v) is 8.60. The van der Waals surface area contributed by atoms with Crippen LogP contribution in [0.4, 0.5) is 0 Å². The Labute approximate surface area is 136 Å². The summed E-state index contributed by atoms with van der Waals surface area (Å²) in [6.07, 6.45) is 5.59. The lowest BCUT2D eigenvalue weighted by atomic mass is 9.77. The molecule has 2 bridgehead atoms. The predicted octanol–water partition coefficient (Wildman–Crippen LogP) is 4.24. The van der Waals surface area contributed by atoms with E-state index in [1.165, 1.54) is 24.8 Å². The van der Waals surface area contributed by atoms with E-state index in [1.807, 2.05) is 36.5 Å². The minimum atomic E-state index is 0.209. The molecule has 1 aromatic heterocycles. The third-order valence-electron chi connectivity index (χ3n) is 6.07. The van der Waals surface area contributed by atoms with E-state index in [-0.39, 0.29) is 5.92 Å². The predicted molar refractivity (Wildman–Crippen MR) is 90.3 cm³/mol. The van der Waals surface area contributed by atoms with E-state index in [0.717, 1.165) is 16.8 Å². The topological polar surface area (TPSA) is 30.0 Å². The quantitative estimate of drug-likeness (QED) is 0.830. The second-order valence-electron chi connectivity index (χ2n) is 7.12. The van der Waals surface area contributed by atoms with Gasteiger partial charge in [-0.15, -0.1) is 0 Å². The molecule has 2 fully saturated rings. The molecule has 0 spiro atoms. The zero-order valence-electron chi connectivity index (χ0n) is 13.0. The summed E-state index contributed by atoms with van der Waals surface area (Å²) < 4.78 is 0. The zero-order valence-corrected chi connectivity index (χ0v) is 13.0. The molecule has 3 aliphatic rings. The lowest BCUT2D eigenvalue weighted by molar-refractivity contribution is -0.118. The molecular formula is C21H19NO. The van der Waals surface area contributed by atoms with Crippen LogP contribution in [0.25, 0.3) is 11.1 Å². The maximum atomic E-state index is 13.3. The minimum absolute atomic E-state index is 0.209. The van der Waals surface area contributed by atoms with Gasteiger partial charge in [0.25, 0.3) is 0 Å². The lowest BCUT2D eigenvalue weighted by Gasteiger charge is -2.25. The lowest BCUT2D eigenvalue weighted by Crippen LogP contribution is -2.24. The molecule has 0 saturated heterocycles. The highest BCUT2D eigenvalue weighted by atomic mass is 16.1. The first-order valence-electron chi connectivity index (χ1n) is 8.60. The summed E-state index contributed by atoms with van der Waals surface area (Å²) in [4.78, 5) is 17.9.